The molecule has 0 bridgehead atoms. The van der Waals surface area contributed by atoms with Gasteiger partial charge < -0.3 is 4.74 Å². The first-order valence-electron chi connectivity index (χ1n) is 8.62. The predicted molar refractivity (Wildman–Crippen MR) is 100 cm³/mol. The van der Waals surface area contributed by atoms with E-state index in [-0.39, 0.29) is 6.10 Å². The van der Waals surface area contributed by atoms with Crippen LogP contribution in [0.25, 0.3) is 0 Å². The van der Waals surface area contributed by atoms with E-state index in [0.717, 1.165) is 32.1 Å². The fourth-order valence-electron chi connectivity index (χ4n) is 3.33. The van der Waals surface area contributed by atoms with E-state index in [0.29, 0.717) is 21.2 Å². The Hall–Kier alpha value is -1.59. The Morgan fingerprint density at radius 2 is 1.35 bits per heavy atom. The molecule has 2 aromatic carbocycles. The van der Waals surface area contributed by atoms with Crippen molar-refractivity contribution in [3.63, 3.8) is 0 Å². The fourth-order valence-corrected chi connectivity index (χ4v) is 3.58. The van der Waals surface area contributed by atoms with Gasteiger partial charge in [0.2, 0.25) is 5.60 Å². The van der Waals surface area contributed by atoms with Crippen molar-refractivity contribution in [2.24, 2.45) is 0 Å². The molecule has 0 aromatic heterocycles. The number of halogens is 2. The summed E-state index contributed by atoms with van der Waals surface area (Å²) in [5, 5.41) is 10.9. The maximum Gasteiger partial charge on any atom is 0.351 e. The highest BCUT2D eigenvalue weighted by atomic mass is 35.5. The molecule has 2 aromatic rings. The number of rotatable bonds is 5. The summed E-state index contributed by atoms with van der Waals surface area (Å²) in [6.07, 6.45) is 4.64. The molecule has 26 heavy (non-hydrogen) atoms. The molecule has 0 saturated heterocycles. The van der Waals surface area contributed by atoms with Crippen molar-refractivity contribution in [3.8, 4) is 0 Å². The molecular weight excluding hydrogens is 375 g/mol. The number of hydrogen-bond acceptors (Lipinski definition) is 4. The molecule has 0 radical (unpaired) electrons. The van der Waals surface area contributed by atoms with Crippen molar-refractivity contribution < 1.29 is 19.7 Å². The highest BCUT2D eigenvalue weighted by Gasteiger charge is 2.47. The molecule has 1 N–H and O–H groups in total. The van der Waals surface area contributed by atoms with Crippen LogP contribution in [0.3, 0.4) is 0 Å². The van der Waals surface area contributed by atoms with Crippen molar-refractivity contribution in [3.05, 3.63) is 69.7 Å². The van der Waals surface area contributed by atoms with E-state index < -0.39 is 11.6 Å². The van der Waals surface area contributed by atoms with Gasteiger partial charge in [-0.15, -0.1) is 0 Å². The van der Waals surface area contributed by atoms with Crippen molar-refractivity contribution >= 4 is 29.2 Å². The van der Waals surface area contributed by atoms with E-state index in [1.54, 1.807) is 48.5 Å². The molecule has 3 rings (SSSR count). The largest absolute Gasteiger partial charge is 0.460 e. The Kier molecular flexibility index (Phi) is 6.20. The maximum atomic E-state index is 13.2. The van der Waals surface area contributed by atoms with E-state index in [1.165, 1.54) is 0 Å². The molecular formula is C20H20Cl2O4. The van der Waals surface area contributed by atoms with Gasteiger partial charge in [-0.05, 0) is 49.9 Å². The zero-order valence-corrected chi connectivity index (χ0v) is 15.7. The Morgan fingerprint density at radius 1 is 0.885 bits per heavy atom. The minimum absolute atomic E-state index is 0.176. The molecule has 0 aliphatic heterocycles. The van der Waals surface area contributed by atoms with Crippen LogP contribution in [0.2, 0.25) is 10.0 Å². The third-order valence-corrected chi connectivity index (χ3v) is 5.26. The molecule has 0 spiro atoms. The van der Waals surface area contributed by atoms with Gasteiger partial charge in [0.15, 0.2) is 0 Å². The molecule has 1 aliphatic carbocycles. The number of esters is 1. The lowest BCUT2D eigenvalue weighted by Crippen LogP contribution is -2.42. The van der Waals surface area contributed by atoms with Crippen LogP contribution in [-0.4, -0.2) is 17.3 Å². The highest BCUT2D eigenvalue weighted by Crippen LogP contribution is 2.37. The summed E-state index contributed by atoms with van der Waals surface area (Å²) >= 11 is 11.9. The number of ether oxygens (including phenoxy) is 1. The predicted octanol–water partition coefficient (Wildman–Crippen LogP) is 5.60. The second-order valence-electron chi connectivity index (χ2n) is 6.45. The van der Waals surface area contributed by atoms with Gasteiger partial charge in [0.25, 0.3) is 0 Å². The molecule has 0 unspecified atom stereocenters. The van der Waals surface area contributed by atoms with Crippen molar-refractivity contribution in [2.45, 2.75) is 43.8 Å². The van der Waals surface area contributed by atoms with Crippen LogP contribution in [0.4, 0.5) is 0 Å². The normalized spacial score (nSPS) is 15.7. The highest BCUT2D eigenvalue weighted by molar-refractivity contribution is 6.30. The van der Waals surface area contributed by atoms with E-state index in [9.17, 15) is 10.1 Å². The van der Waals surface area contributed by atoms with Gasteiger partial charge in [0.05, 0.1) is 0 Å². The summed E-state index contributed by atoms with van der Waals surface area (Å²) in [4.78, 5) is 18.0. The molecule has 1 fully saturated rings. The van der Waals surface area contributed by atoms with Gasteiger partial charge in [-0.1, -0.05) is 53.9 Å². The zero-order chi connectivity index (χ0) is 18.6. The van der Waals surface area contributed by atoms with E-state index in [4.69, 9.17) is 32.8 Å². The van der Waals surface area contributed by atoms with Gasteiger partial charge in [-0.2, -0.15) is 0 Å². The Labute approximate surface area is 162 Å². The van der Waals surface area contributed by atoms with Crippen LogP contribution < -0.4 is 0 Å². The molecule has 1 aliphatic rings. The zero-order valence-electron chi connectivity index (χ0n) is 14.2. The molecule has 4 nitrogen and oxygen atoms in total. The number of carbonyl (C=O) groups is 1. The first-order valence-corrected chi connectivity index (χ1v) is 9.37. The van der Waals surface area contributed by atoms with E-state index in [1.807, 2.05) is 0 Å². The third kappa shape index (κ3) is 3.89. The first-order chi connectivity index (χ1) is 12.6. The van der Waals surface area contributed by atoms with Gasteiger partial charge in [0.1, 0.15) is 6.10 Å². The molecule has 138 valence electrons. The minimum Gasteiger partial charge on any atom is -0.460 e. The van der Waals surface area contributed by atoms with E-state index >= 15 is 0 Å². The lowest BCUT2D eigenvalue weighted by atomic mass is 9.86. The molecule has 6 heteroatoms. The first kappa shape index (κ1) is 19.2. The van der Waals surface area contributed by atoms with Crippen LogP contribution in [-0.2, 0) is 20.0 Å². The van der Waals surface area contributed by atoms with E-state index in [2.05, 4.69) is 0 Å². The smallest absolute Gasteiger partial charge is 0.351 e. The van der Waals surface area contributed by atoms with Crippen LogP contribution in [0.1, 0.15) is 43.2 Å². The standard InChI is InChI=1S/C20H20Cl2O4/c21-16-10-6-14(7-11-16)20(26-24,15-8-12-17(22)13-9-15)19(23)25-18-4-2-1-3-5-18/h6-13,18,24H,1-5H2. The molecule has 0 heterocycles. The van der Waals surface area contributed by atoms with Crippen LogP contribution in [0.5, 0.6) is 0 Å². The molecule has 0 atom stereocenters. The van der Waals surface area contributed by atoms with Gasteiger partial charge >= 0.3 is 5.97 Å². The van der Waals surface area contributed by atoms with Crippen molar-refractivity contribution in [2.75, 3.05) is 0 Å². The Balaban J connectivity index is 2.02. The monoisotopic (exact) mass is 394 g/mol. The third-order valence-electron chi connectivity index (χ3n) is 4.75. The number of carbonyl (C=O) groups excluding carboxylic acids is 1. The summed E-state index contributed by atoms with van der Waals surface area (Å²) in [7, 11) is 0. The lowest BCUT2D eigenvalue weighted by Gasteiger charge is -2.32. The topological polar surface area (TPSA) is 55.8 Å². The minimum atomic E-state index is -1.80. The fraction of sp³-hybridized carbons (Fsp3) is 0.350. The van der Waals surface area contributed by atoms with Crippen molar-refractivity contribution in [1.82, 2.24) is 0 Å². The SMILES string of the molecule is O=C(OC1CCCCC1)C(OO)(c1ccc(Cl)cc1)c1ccc(Cl)cc1. The van der Waals surface area contributed by atoms with Gasteiger partial charge in [0, 0.05) is 21.2 Å². The second kappa shape index (κ2) is 8.40. The average Bonchev–Trinajstić information content (AvgIpc) is 2.66. The summed E-state index contributed by atoms with van der Waals surface area (Å²) in [6, 6.07) is 13.1. The Bertz CT molecular complexity index is 692. The quantitative estimate of drug-likeness (QED) is 0.407. The average molecular weight is 395 g/mol. The molecule has 1 saturated carbocycles. The summed E-state index contributed by atoms with van der Waals surface area (Å²) in [6.45, 7) is 0. The summed E-state index contributed by atoms with van der Waals surface area (Å²) < 4.78 is 5.73. The van der Waals surface area contributed by atoms with Crippen LogP contribution in [0, 0.1) is 0 Å². The van der Waals surface area contributed by atoms with Gasteiger partial charge in [-0.25, -0.2) is 14.9 Å². The lowest BCUT2D eigenvalue weighted by molar-refractivity contribution is -0.312. The van der Waals surface area contributed by atoms with Crippen LogP contribution in [0.15, 0.2) is 48.5 Å². The second-order valence-corrected chi connectivity index (χ2v) is 7.32. The van der Waals surface area contributed by atoms with Gasteiger partial charge in [-0.3, -0.25) is 0 Å². The van der Waals surface area contributed by atoms with Crippen LogP contribution >= 0.6 is 23.2 Å². The summed E-state index contributed by atoms with van der Waals surface area (Å²) in [5.74, 6) is -0.656. The summed E-state index contributed by atoms with van der Waals surface area (Å²) in [5.41, 5.74) is -0.952. The molecule has 0 amide bonds. The Morgan fingerprint density at radius 3 is 1.77 bits per heavy atom. The maximum absolute atomic E-state index is 13.2. The van der Waals surface area contributed by atoms with Crippen molar-refractivity contribution in [1.29, 1.82) is 0 Å². The number of hydrogen-bond donors (Lipinski definition) is 1. The number of benzene rings is 2.